The van der Waals surface area contributed by atoms with Crippen molar-refractivity contribution in [2.45, 2.75) is 5.37 Å². The molecule has 1 aliphatic heterocycles. The van der Waals surface area contributed by atoms with Gasteiger partial charge in [0.1, 0.15) is 5.37 Å². The molecule has 1 atom stereocenters. The molecule has 23 heavy (non-hydrogen) atoms. The van der Waals surface area contributed by atoms with Crippen LogP contribution >= 0.6 is 35.0 Å². The van der Waals surface area contributed by atoms with Gasteiger partial charge in [-0.3, -0.25) is 19.8 Å². The minimum absolute atomic E-state index is 0.00785. The van der Waals surface area contributed by atoms with E-state index in [2.05, 4.69) is 0 Å². The van der Waals surface area contributed by atoms with E-state index in [-0.39, 0.29) is 22.7 Å². The molecule has 118 valence electrons. The van der Waals surface area contributed by atoms with Crippen LogP contribution in [0, 0.1) is 10.1 Å². The van der Waals surface area contributed by atoms with Crippen molar-refractivity contribution in [1.82, 2.24) is 0 Å². The Labute approximate surface area is 146 Å². The highest BCUT2D eigenvalue weighted by atomic mass is 35.5. The summed E-state index contributed by atoms with van der Waals surface area (Å²) >= 11 is 13.4. The lowest BCUT2D eigenvalue weighted by Crippen LogP contribution is -2.27. The summed E-state index contributed by atoms with van der Waals surface area (Å²) in [5, 5.41) is 11.5. The Balaban J connectivity index is 2.03. The van der Waals surface area contributed by atoms with Gasteiger partial charge in [0.05, 0.1) is 10.7 Å². The van der Waals surface area contributed by atoms with Crippen molar-refractivity contribution in [2.24, 2.45) is 0 Å². The van der Waals surface area contributed by atoms with E-state index >= 15 is 0 Å². The molecule has 1 heterocycles. The highest BCUT2D eigenvalue weighted by Crippen LogP contribution is 2.43. The van der Waals surface area contributed by atoms with Gasteiger partial charge in [-0.15, -0.1) is 11.8 Å². The fourth-order valence-corrected chi connectivity index (χ4v) is 4.10. The largest absolute Gasteiger partial charge is 0.295 e. The van der Waals surface area contributed by atoms with Gasteiger partial charge < -0.3 is 0 Å². The van der Waals surface area contributed by atoms with Crippen LogP contribution < -0.4 is 4.90 Å². The van der Waals surface area contributed by atoms with Crippen LogP contribution in [0.3, 0.4) is 0 Å². The average Bonchev–Trinajstić information content (AvgIpc) is 2.88. The maximum Gasteiger partial charge on any atom is 0.269 e. The summed E-state index contributed by atoms with van der Waals surface area (Å²) in [4.78, 5) is 24.4. The summed E-state index contributed by atoms with van der Waals surface area (Å²) in [6.45, 7) is 0. The van der Waals surface area contributed by atoms with Gasteiger partial charge in [-0.05, 0) is 23.8 Å². The maximum absolute atomic E-state index is 12.3. The Kier molecular flexibility index (Phi) is 4.48. The van der Waals surface area contributed by atoms with Gasteiger partial charge in [-0.1, -0.05) is 35.3 Å². The number of carbonyl (C=O) groups excluding carboxylic acids is 1. The van der Waals surface area contributed by atoms with Gasteiger partial charge in [0.25, 0.3) is 5.69 Å². The molecule has 2 aromatic carbocycles. The van der Waals surface area contributed by atoms with Crippen LogP contribution in [0.2, 0.25) is 10.0 Å². The molecule has 0 bridgehead atoms. The summed E-state index contributed by atoms with van der Waals surface area (Å²) < 4.78 is 0. The van der Waals surface area contributed by atoms with Crippen molar-refractivity contribution < 1.29 is 9.72 Å². The predicted octanol–water partition coefficient (Wildman–Crippen LogP) is 4.68. The third kappa shape index (κ3) is 3.29. The number of nitrogens with zero attached hydrogens (tertiary/aromatic N) is 2. The number of rotatable bonds is 3. The number of amides is 1. The zero-order valence-electron chi connectivity index (χ0n) is 11.6. The molecular formula is C15H10Cl2N2O3S. The highest BCUT2D eigenvalue weighted by molar-refractivity contribution is 8.00. The first-order valence-corrected chi connectivity index (χ1v) is 8.40. The van der Waals surface area contributed by atoms with E-state index in [0.717, 1.165) is 0 Å². The maximum atomic E-state index is 12.3. The van der Waals surface area contributed by atoms with E-state index in [9.17, 15) is 14.9 Å². The first kappa shape index (κ1) is 16.1. The number of hydrogen-bond donors (Lipinski definition) is 0. The molecule has 1 amide bonds. The Morgan fingerprint density at radius 1 is 1.17 bits per heavy atom. The van der Waals surface area contributed by atoms with Crippen LogP contribution in [-0.2, 0) is 4.79 Å². The molecule has 0 radical (unpaired) electrons. The minimum atomic E-state index is -0.453. The van der Waals surface area contributed by atoms with Gasteiger partial charge in [0.15, 0.2) is 0 Å². The molecule has 0 aromatic heterocycles. The second-order valence-electron chi connectivity index (χ2n) is 4.91. The van der Waals surface area contributed by atoms with E-state index in [0.29, 0.717) is 21.3 Å². The second kappa shape index (κ2) is 6.39. The summed E-state index contributed by atoms with van der Waals surface area (Å²) in [6.07, 6.45) is 0. The number of hydrogen-bond acceptors (Lipinski definition) is 4. The summed E-state index contributed by atoms with van der Waals surface area (Å²) in [5.41, 5.74) is 1.26. The van der Waals surface area contributed by atoms with E-state index < -0.39 is 4.92 Å². The standard InChI is InChI=1S/C15H10Cl2N2O3S/c16-10-5-11(17)7-13(6-10)18-14(20)8-23-15(18)9-2-1-3-12(4-9)19(21)22/h1-7,15H,8H2. The molecule has 0 saturated carbocycles. The Morgan fingerprint density at radius 2 is 1.87 bits per heavy atom. The van der Waals surface area contributed by atoms with E-state index in [1.165, 1.54) is 23.9 Å². The van der Waals surface area contributed by atoms with Crippen molar-refractivity contribution in [3.05, 3.63) is 68.2 Å². The minimum Gasteiger partial charge on any atom is -0.295 e. The zero-order chi connectivity index (χ0) is 16.6. The quantitative estimate of drug-likeness (QED) is 0.582. The molecule has 3 rings (SSSR count). The van der Waals surface area contributed by atoms with Crippen LogP contribution in [0.1, 0.15) is 10.9 Å². The molecule has 1 unspecified atom stereocenters. The summed E-state index contributed by atoms with van der Waals surface area (Å²) in [6, 6.07) is 11.2. The smallest absolute Gasteiger partial charge is 0.269 e. The zero-order valence-corrected chi connectivity index (χ0v) is 13.9. The molecule has 1 aliphatic rings. The lowest BCUT2D eigenvalue weighted by Gasteiger charge is -2.24. The lowest BCUT2D eigenvalue weighted by atomic mass is 10.1. The van der Waals surface area contributed by atoms with Crippen molar-refractivity contribution in [2.75, 3.05) is 10.7 Å². The Morgan fingerprint density at radius 3 is 2.52 bits per heavy atom. The Bertz CT molecular complexity index is 780. The highest BCUT2D eigenvalue weighted by Gasteiger charge is 2.35. The Hall–Kier alpha value is -1.76. The monoisotopic (exact) mass is 368 g/mol. The molecule has 0 spiro atoms. The van der Waals surface area contributed by atoms with E-state index in [1.54, 1.807) is 35.2 Å². The normalized spacial score (nSPS) is 17.6. The van der Waals surface area contributed by atoms with Crippen LogP contribution in [0.5, 0.6) is 0 Å². The SMILES string of the molecule is O=C1CSC(c2cccc([N+](=O)[O-])c2)N1c1cc(Cl)cc(Cl)c1. The van der Waals surface area contributed by atoms with E-state index in [1.807, 2.05) is 0 Å². The fraction of sp³-hybridized carbons (Fsp3) is 0.133. The second-order valence-corrected chi connectivity index (χ2v) is 6.85. The predicted molar refractivity (Wildman–Crippen MR) is 92.2 cm³/mol. The van der Waals surface area contributed by atoms with Crippen molar-refractivity contribution in [3.63, 3.8) is 0 Å². The summed E-state index contributed by atoms with van der Waals surface area (Å²) in [7, 11) is 0. The van der Waals surface area contributed by atoms with Crippen molar-refractivity contribution >= 4 is 52.2 Å². The molecule has 5 nitrogen and oxygen atoms in total. The van der Waals surface area contributed by atoms with Crippen molar-refractivity contribution in [3.8, 4) is 0 Å². The topological polar surface area (TPSA) is 63.4 Å². The van der Waals surface area contributed by atoms with Gasteiger partial charge in [0.2, 0.25) is 5.91 Å². The fourth-order valence-electron chi connectivity index (χ4n) is 2.42. The van der Waals surface area contributed by atoms with Crippen LogP contribution in [0.25, 0.3) is 0 Å². The number of nitro groups is 1. The van der Waals surface area contributed by atoms with E-state index in [4.69, 9.17) is 23.2 Å². The first-order valence-electron chi connectivity index (χ1n) is 6.60. The van der Waals surface area contributed by atoms with Crippen LogP contribution in [-0.4, -0.2) is 16.6 Å². The third-order valence-corrected chi connectivity index (χ3v) is 5.01. The third-order valence-electron chi connectivity index (χ3n) is 3.36. The number of nitro benzene ring substituents is 1. The number of non-ortho nitro benzene ring substituents is 1. The van der Waals surface area contributed by atoms with Gasteiger partial charge in [0, 0.05) is 27.9 Å². The van der Waals surface area contributed by atoms with Gasteiger partial charge >= 0.3 is 0 Å². The van der Waals surface area contributed by atoms with Crippen LogP contribution in [0.15, 0.2) is 42.5 Å². The van der Waals surface area contributed by atoms with Crippen LogP contribution in [0.4, 0.5) is 11.4 Å². The number of carbonyl (C=O) groups is 1. The van der Waals surface area contributed by atoms with Gasteiger partial charge in [-0.2, -0.15) is 0 Å². The number of thioether (sulfide) groups is 1. The molecular weight excluding hydrogens is 359 g/mol. The molecule has 2 aromatic rings. The lowest BCUT2D eigenvalue weighted by molar-refractivity contribution is -0.384. The molecule has 8 heteroatoms. The number of benzene rings is 2. The first-order chi connectivity index (χ1) is 11.0. The molecule has 0 N–H and O–H groups in total. The molecule has 0 aliphatic carbocycles. The van der Waals surface area contributed by atoms with Gasteiger partial charge in [-0.25, -0.2) is 0 Å². The molecule has 1 fully saturated rings. The van der Waals surface area contributed by atoms with Crippen molar-refractivity contribution in [1.29, 1.82) is 0 Å². The number of anilines is 1. The average molecular weight is 369 g/mol. The summed E-state index contributed by atoms with van der Waals surface area (Å²) in [5.74, 6) is 0.196. The molecule has 1 saturated heterocycles. The number of halogens is 2.